The van der Waals surface area contributed by atoms with Crippen molar-refractivity contribution in [3.8, 4) is 0 Å². The van der Waals surface area contributed by atoms with Crippen LogP contribution in [0.25, 0.3) is 0 Å². The number of likely N-dealkylation sites (tertiary alicyclic amines) is 1. The van der Waals surface area contributed by atoms with Crippen molar-refractivity contribution in [3.63, 3.8) is 0 Å². The number of aryl methyl sites for hydroxylation is 3. The summed E-state index contributed by atoms with van der Waals surface area (Å²) in [7, 11) is 0. The van der Waals surface area contributed by atoms with Crippen molar-refractivity contribution in [1.29, 1.82) is 0 Å². The third-order valence-electron chi connectivity index (χ3n) is 4.86. The number of aliphatic hydroxyl groups is 1. The fourth-order valence-electron chi connectivity index (χ4n) is 3.67. The van der Waals surface area contributed by atoms with E-state index in [4.69, 9.17) is 5.11 Å². The molecule has 0 bridgehead atoms. The van der Waals surface area contributed by atoms with Gasteiger partial charge >= 0.3 is 0 Å². The van der Waals surface area contributed by atoms with E-state index in [1.54, 1.807) is 0 Å². The normalized spacial score (nSPS) is 18.9. The highest BCUT2D eigenvalue weighted by molar-refractivity contribution is 5.24. The third kappa shape index (κ3) is 3.19. The van der Waals surface area contributed by atoms with Crippen LogP contribution >= 0.6 is 0 Å². The number of aromatic nitrogens is 4. The summed E-state index contributed by atoms with van der Waals surface area (Å²) in [6, 6.07) is 2.62. The molecule has 1 atom stereocenters. The number of rotatable bonds is 5. The number of hydrogen-bond donors (Lipinski definition) is 1. The molecule has 3 heterocycles. The summed E-state index contributed by atoms with van der Waals surface area (Å²) in [5, 5.41) is 18.3. The van der Waals surface area contributed by atoms with Gasteiger partial charge in [0.15, 0.2) is 0 Å². The number of nitrogens with zero attached hydrogens (tertiary/aromatic N) is 5. The van der Waals surface area contributed by atoms with Gasteiger partial charge in [0.2, 0.25) is 0 Å². The zero-order chi connectivity index (χ0) is 16.6. The lowest BCUT2D eigenvalue weighted by molar-refractivity contribution is 0.267. The summed E-state index contributed by atoms with van der Waals surface area (Å²) in [4.78, 5) is 2.49. The van der Waals surface area contributed by atoms with Crippen LogP contribution in [0, 0.1) is 27.7 Å². The Morgan fingerprint density at radius 1 is 1.22 bits per heavy atom. The van der Waals surface area contributed by atoms with Crippen LogP contribution in [0.1, 0.15) is 40.8 Å². The van der Waals surface area contributed by atoms with Gasteiger partial charge in [-0.2, -0.15) is 10.2 Å². The van der Waals surface area contributed by atoms with Crippen LogP contribution in [0.2, 0.25) is 0 Å². The Morgan fingerprint density at radius 3 is 2.65 bits per heavy atom. The van der Waals surface area contributed by atoms with Gasteiger partial charge in [0.05, 0.1) is 30.6 Å². The zero-order valence-corrected chi connectivity index (χ0v) is 14.6. The smallest absolute Gasteiger partial charge is 0.0661 e. The van der Waals surface area contributed by atoms with E-state index in [1.165, 1.54) is 17.0 Å². The summed E-state index contributed by atoms with van der Waals surface area (Å²) >= 11 is 0. The lowest BCUT2D eigenvalue weighted by atomic mass is 10.2. The van der Waals surface area contributed by atoms with Crippen molar-refractivity contribution in [2.75, 3.05) is 19.7 Å². The molecule has 0 unspecified atom stereocenters. The Kier molecular flexibility index (Phi) is 4.55. The molecular weight excluding hydrogens is 290 g/mol. The van der Waals surface area contributed by atoms with E-state index in [0.29, 0.717) is 12.6 Å². The molecule has 0 saturated carbocycles. The van der Waals surface area contributed by atoms with Crippen LogP contribution in [-0.2, 0) is 13.1 Å². The van der Waals surface area contributed by atoms with E-state index in [0.717, 1.165) is 37.4 Å². The Hall–Kier alpha value is -1.66. The average Bonchev–Trinajstić information content (AvgIpc) is 3.15. The first kappa shape index (κ1) is 16.2. The van der Waals surface area contributed by atoms with Gasteiger partial charge in [-0.15, -0.1) is 0 Å². The monoisotopic (exact) mass is 317 g/mol. The first-order valence-electron chi connectivity index (χ1n) is 8.38. The van der Waals surface area contributed by atoms with Crippen molar-refractivity contribution in [2.45, 2.75) is 53.2 Å². The highest BCUT2D eigenvalue weighted by Crippen LogP contribution is 2.26. The van der Waals surface area contributed by atoms with Gasteiger partial charge in [-0.05, 0) is 40.2 Å². The highest BCUT2D eigenvalue weighted by Gasteiger charge is 2.27. The molecule has 1 fully saturated rings. The first-order chi connectivity index (χ1) is 11.0. The molecular formula is C17H27N5O. The Labute approximate surface area is 137 Å². The minimum absolute atomic E-state index is 0.130. The molecule has 0 aliphatic carbocycles. The second-order valence-electron chi connectivity index (χ2n) is 6.65. The quantitative estimate of drug-likeness (QED) is 0.913. The molecule has 0 amide bonds. The van der Waals surface area contributed by atoms with Crippen molar-refractivity contribution < 1.29 is 5.11 Å². The van der Waals surface area contributed by atoms with Gasteiger partial charge in [-0.1, -0.05) is 0 Å². The van der Waals surface area contributed by atoms with Crippen molar-refractivity contribution in [1.82, 2.24) is 24.5 Å². The van der Waals surface area contributed by atoms with E-state index in [1.807, 2.05) is 4.68 Å². The number of hydrogen-bond acceptors (Lipinski definition) is 4. The van der Waals surface area contributed by atoms with E-state index in [2.05, 4.69) is 53.5 Å². The van der Waals surface area contributed by atoms with Crippen LogP contribution in [-0.4, -0.2) is 49.3 Å². The van der Waals surface area contributed by atoms with Crippen LogP contribution in [0.3, 0.4) is 0 Å². The minimum atomic E-state index is 0.130. The molecule has 1 saturated heterocycles. The predicted molar refractivity (Wildman–Crippen MR) is 89.4 cm³/mol. The van der Waals surface area contributed by atoms with Gasteiger partial charge in [0.25, 0.3) is 0 Å². The van der Waals surface area contributed by atoms with E-state index >= 15 is 0 Å². The second-order valence-corrected chi connectivity index (χ2v) is 6.65. The summed E-state index contributed by atoms with van der Waals surface area (Å²) in [5.41, 5.74) is 5.89. The molecule has 2 aromatic rings. The standard InChI is InChI=1S/C17H27N5O/c1-12-9-13(2)22(18-12)16-5-6-20(10-16)11-17-14(3)19-21(7-8-23)15(17)4/h9,16,23H,5-8,10-11H2,1-4H3/t16-/m0/s1. The summed E-state index contributed by atoms with van der Waals surface area (Å²) < 4.78 is 4.10. The summed E-state index contributed by atoms with van der Waals surface area (Å²) in [5.74, 6) is 0. The fourth-order valence-corrected chi connectivity index (χ4v) is 3.67. The predicted octanol–water partition coefficient (Wildman–Crippen LogP) is 1.75. The van der Waals surface area contributed by atoms with E-state index in [9.17, 15) is 0 Å². The van der Waals surface area contributed by atoms with E-state index < -0.39 is 0 Å². The summed E-state index contributed by atoms with van der Waals surface area (Å²) in [6.45, 7) is 12.1. The molecule has 1 N–H and O–H groups in total. The van der Waals surface area contributed by atoms with Crippen molar-refractivity contribution >= 4 is 0 Å². The number of aliphatic hydroxyl groups excluding tert-OH is 1. The molecule has 126 valence electrons. The van der Waals surface area contributed by atoms with Gasteiger partial charge in [0, 0.05) is 36.6 Å². The fraction of sp³-hybridized carbons (Fsp3) is 0.647. The molecule has 0 radical (unpaired) electrons. The third-order valence-corrected chi connectivity index (χ3v) is 4.86. The lowest BCUT2D eigenvalue weighted by Crippen LogP contribution is -2.22. The van der Waals surface area contributed by atoms with Gasteiger partial charge < -0.3 is 5.11 Å². The summed E-state index contributed by atoms with van der Waals surface area (Å²) in [6.07, 6.45) is 1.14. The zero-order valence-electron chi connectivity index (χ0n) is 14.6. The second kappa shape index (κ2) is 6.45. The molecule has 3 rings (SSSR count). The largest absolute Gasteiger partial charge is 0.394 e. The SMILES string of the molecule is Cc1cc(C)n([C@H]2CCN(Cc3c(C)nn(CCO)c3C)C2)n1. The van der Waals surface area contributed by atoms with Gasteiger partial charge in [-0.25, -0.2) is 0 Å². The molecule has 1 aliphatic heterocycles. The molecule has 0 spiro atoms. The van der Waals surface area contributed by atoms with Crippen LogP contribution < -0.4 is 0 Å². The molecule has 1 aliphatic rings. The topological polar surface area (TPSA) is 59.1 Å². The highest BCUT2D eigenvalue weighted by atomic mass is 16.3. The van der Waals surface area contributed by atoms with Gasteiger partial charge in [-0.3, -0.25) is 14.3 Å². The van der Waals surface area contributed by atoms with Crippen molar-refractivity contribution in [2.24, 2.45) is 0 Å². The maximum atomic E-state index is 9.14. The Morgan fingerprint density at radius 2 is 2.00 bits per heavy atom. The molecule has 23 heavy (non-hydrogen) atoms. The van der Waals surface area contributed by atoms with Crippen LogP contribution in [0.5, 0.6) is 0 Å². The van der Waals surface area contributed by atoms with Crippen LogP contribution in [0.4, 0.5) is 0 Å². The Bertz CT molecular complexity index is 687. The van der Waals surface area contributed by atoms with Gasteiger partial charge in [0.1, 0.15) is 0 Å². The van der Waals surface area contributed by atoms with Crippen LogP contribution in [0.15, 0.2) is 6.07 Å². The molecule has 6 nitrogen and oxygen atoms in total. The Balaban J connectivity index is 1.70. The lowest BCUT2D eigenvalue weighted by Gasteiger charge is -2.17. The maximum Gasteiger partial charge on any atom is 0.0661 e. The maximum absolute atomic E-state index is 9.14. The minimum Gasteiger partial charge on any atom is -0.394 e. The first-order valence-corrected chi connectivity index (χ1v) is 8.38. The molecule has 0 aromatic carbocycles. The van der Waals surface area contributed by atoms with E-state index in [-0.39, 0.29) is 6.61 Å². The molecule has 2 aromatic heterocycles. The van der Waals surface area contributed by atoms with Crippen molar-refractivity contribution in [3.05, 3.63) is 34.4 Å². The molecule has 6 heteroatoms. The average molecular weight is 317 g/mol.